The summed E-state index contributed by atoms with van der Waals surface area (Å²) in [6.45, 7) is 1.42. The van der Waals surface area contributed by atoms with E-state index in [1.165, 1.54) is 37.5 Å². The molecule has 1 heterocycles. The molecule has 2 aromatic carbocycles. The highest BCUT2D eigenvalue weighted by Gasteiger charge is 2.09. The molecule has 0 spiro atoms. The quantitative estimate of drug-likeness (QED) is 0.575. The molecule has 0 atom stereocenters. The monoisotopic (exact) mass is 398 g/mol. The Morgan fingerprint density at radius 1 is 0.893 bits per heavy atom. The van der Waals surface area contributed by atoms with Gasteiger partial charge in [-0.05, 0) is 48.5 Å². The first kappa shape index (κ1) is 19.3. The minimum absolute atomic E-state index is 0.00503. The van der Waals surface area contributed by atoms with E-state index in [0.29, 0.717) is 28.3 Å². The van der Waals surface area contributed by atoms with Gasteiger partial charge in [-0.25, -0.2) is 4.39 Å². The molecule has 0 saturated carbocycles. The summed E-state index contributed by atoms with van der Waals surface area (Å²) in [5, 5.41) is 8.43. The molecule has 0 saturated heterocycles. The normalized spacial score (nSPS) is 10.2. The molecular weight excluding hydrogens is 383 g/mol. The van der Waals surface area contributed by atoms with E-state index in [1.807, 2.05) is 0 Å². The van der Waals surface area contributed by atoms with E-state index in [2.05, 4.69) is 20.9 Å². The molecule has 0 bridgehead atoms. The van der Waals surface area contributed by atoms with Crippen molar-refractivity contribution in [3.63, 3.8) is 0 Å². The zero-order valence-electron chi connectivity index (χ0n) is 14.8. The van der Waals surface area contributed by atoms with Crippen molar-refractivity contribution in [1.82, 2.24) is 4.98 Å². The number of carbonyl (C=O) groups excluding carboxylic acids is 2. The minimum Gasteiger partial charge on any atom is -0.354 e. The summed E-state index contributed by atoms with van der Waals surface area (Å²) in [5.41, 5.74) is 2.67. The second-order valence-electron chi connectivity index (χ2n) is 5.93. The molecule has 3 rings (SSSR count). The molecule has 0 radical (unpaired) electrons. The van der Waals surface area contributed by atoms with Gasteiger partial charge in [-0.3, -0.25) is 14.6 Å². The van der Waals surface area contributed by atoms with Gasteiger partial charge in [0.25, 0.3) is 5.91 Å². The van der Waals surface area contributed by atoms with Crippen LogP contribution in [0.15, 0.2) is 60.9 Å². The van der Waals surface area contributed by atoms with Gasteiger partial charge in [0.05, 0.1) is 22.5 Å². The molecule has 0 aliphatic carbocycles. The number of anilines is 4. The average molecular weight is 399 g/mol. The predicted molar refractivity (Wildman–Crippen MR) is 108 cm³/mol. The van der Waals surface area contributed by atoms with Crippen molar-refractivity contribution in [2.75, 3.05) is 16.0 Å². The van der Waals surface area contributed by atoms with Gasteiger partial charge < -0.3 is 16.0 Å². The largest absolute Gasteiger partial charge is 0.354 e. The summed E-state index contributed by atoms with van der Waals surface area (Å²) in [5.74, 6) is -1.03. The zero-order valence-corrected chi connectivity index (χ0v) is 15.5. The molecule has 6 nitrogen and oxygen atoms in total. The van der Waals surface area contributed by atoms with Crippen LogP contribution in [-0.2, 0) is 4.79 Å². The van der Waals surface area contributed by atoms with Crippen molar-refractivity contribution >= 4 is 46.2 Å². The average Bonchev–Trinajstić information content (AvgIpc) is 2.66. The Morgan fingerprint density at radius 3 is 2.18 bits per heavy atom. The lowest BCUT2D eigenvalue weighted by Crippen LogP contribution is -2.12. The van der Waals surface area contributed by atoms with Crippen LogP contribution in [0.4, 0.5) is 27.1 Å². The van der Waals surface area contributed by atoms with Gasteiger partial charge >= 0.3 is 0 Å². The smallest absolute Gasteiger partial charge is 0.257 e. The fourth-order valence-corrected chi connectivity index (χ4v) is 2.60. The standard InChI is InChI=1S/C20H16ClFN4O2/c1-12(27)24-14-2-4-15(5-3-14)26-20(28)13-8-17(11-23-10-13)25-16-6-7-19(22)18(21)9-16/h2-11,25H,1H3,(H,24,27)(H,26,28). The van der Waals surface area contributed by atoms with Crippen molar-refractivity contribution < 1.29 is 14.0 Å². The Bertz CT molecular complexity index is 1020. The third-order valence-electron chi connectivity index (χ3n) is 3.67. The van der Waals surface area contributed by atoms with Crippen LogP contribution in [-0.4, -0.2) is 16.8 Å². The van der Waals surface area contributed by atoms with Gasteiger partial charge in [-0.1, -0.05) is 11.6 Å². The highest BCUT2D eigenvalue weighted by atomic mass is 35.5. The van der Waals surface area contributed by atoms with Gasteiger partial charge in [0.2, 0.25) is 5.91 Å². The molecule has 3 N–H and O–H groups in total. The van der Waals surface area contributed by atoms with E-state index in [-0.39, 0.29) is 16.8 Å². The Hall–Kier alpha value is -3.45. The third-order valence-corrected chi connectivity index (χ3v) is 3.96. The van der Waals surface area contributed by atoms with Gasteiger partial charge in [0, 0.05) is 30.2 Å². The Morgan fingerprint density at radius 2 is 1.54 bits per heavy atom. The van der Waals surface area contributed by atoms with Crippen LogP contribution in [0.25, 0.3) is 0 Å². The topological polar surface area (TPSA) is 83.1 Å². The number of carbonyl (C=O) groups is 2. The second kappa shape index (κ2) is 8.49. The molecule has 142 valence electrons. The van der Waals surface area contributed by atoms with Gasteiger partial charge in [-0.2, -0.15) is 0 Å². The zero-order chi connectivity index (χ0) is 20.1. The van der Waals surface area contributed by atoms with Crippen LogP contribution < -0.4 is 16.0 Å². The number of aromatic nitrogens is 1. The number of amides is 2. The molecule has 2 amide bonds. The number of rotatable bonds is 5. The summed E-state index contributed by atoms with van der Waals surface area (Å²) < 4.78 is 13.3. The summed E-state index contributed by atoms with van der Waals surface area (Å²) in [6, 6.07) is 12.6. The maximum Gasteiger partial charge on any atom is 0.257 e. The number of nitrogens with one attached hydrogen (secondary N) is 3. The lowest BCUT2D eigenvalue weighted by Gasteiger charge is -2.10. The highest BCUT2D eigenvalue weighted by molar-refractivity contribution is 6.31. The number of hydrogen-bond acceptors (Lipinski definition) is 4. The first-order valence-corrected chi connectivity index (χ1v) is 8.64. The van der Waals surface area contributed by atoms with Crippen LogP contribution in [0.5, 0.6) is 0 Å². The molecule has 0 unspecified atom stereocenters. The maximum atomic E-state index is 13.3. The summed E-state index contributed by atoms with van der Waals surface area (Å²) >= 11 is 5.77. The Kier molecular flexibility index (Phi) is 5.86. The number of nitrogens with zero attached hydrogens (tertiary/aromatic N) is 1. The van der Waals surface area contributed by atoms with E-state index < -0.39 is 5.82 Å². The van der Waals surface area contributed by atoms with Crippen LogP contribution in [0.3, 0.4) is 0 Å². The van der Waals surface area contributed by atoms with Crippen LogP contribution >= 0.6 is 11.6 Å². The minimum atomic E-state index is -0.511. The van der Waals surface area contributed by atoms with Crippen molar-refractivity contribution in [2.24, 2.45) is 0 Å². The summed E-state index contributed by atoms with van der Waals surface area (Å²) in [6.07, 6.45) is 2.97. The van der Waals surface area contributed by atoms with E-state index >= 15 is 0 Å². The molecule has 3 aromatic rings. The SMILES string of the molecule is CC(=O)Nc1ccc(NC(=O)c2cncc(Nc3ccc(F)c(Cl)c3)c2)cc1. The number of benzene rings is 2. The van der Waals surface area contributed by atoms with E-state index in [1.54, 1.807) is 30.3 Å². The van der Waals surface area contributed by atoms with Gasteiger partial charge in [0.15, 0.2) is 0 Å². The summed E-state index contributed by atoms with van der Waals surface area (Å²) in [7, 11) is 0. The van der Waals surface area contributed by atoms with Gasteiger partial charge in [0.1, 0.15) is 5.82 Å². The second-order valence-corrected chi connectivity index (χ2v) is 6.34. The van der Waals surface area contributed by atoms with E-state index in [4.69, 9.17) is 11.6 Å². The first-order valence-electron chi connectivity index (χ1n) is 8.27. The highest BCUT2D eigenvalue weighted by Crippen LogP contribution is 2.23. The maximum absolute atomic E-state index is 13.3. The van der Waals surface area contributed by atoms with Crippen molar-refractivity contribution in [1.29, 1.82) is 0 Å². The van der Waals surface area contributed by atoms with Crippen molar-refractivity contribution in [2.45, 2.75) is 6.92 Å². The number of pyridine rings is 1. The van der Waals surface area contributed by atoms with Crippen molar-refractivity contribution in [3.05, 3.63) is 77.3 Å². The van der Waals surface area contributed by atoms with E-state index in [0.717, 1.165) is 0 Å². The Balaban J connectivity index is 1.69. The van der Waals surface area contributed by atoms with Gasteiger partial charge in [-0.15, -0.1) is 0 Å². The predicted octanol–water partition coefficient (Wildman–Crippen LogP) is 4.83. The summed E-state index contributed by atoms with van der Waals surface area (Å²) in [4.78, 5) is 27.6. The van der Waals surface area contributed by atoms with Crippen LogP contribution in [0.1, 0.15) is 17.3 Å². The molecule has 0 fully saturated rings. The number of halogens is 2. The first-order chi connectivity index (χ1) is 13.4. The third kappa shape index (κ3) is 5.05. The van der Waals surface area contributed by atoms with Crippen molar-refractivity contribution in [3.8, 4) is 0 Å². The fourth-order valence-electron chi connectivity index (χ4n) is 2.42. The molecule has 28 heavy (non-hydrogen) atoms. The molecule has 0 aliphatic heterocycles. The molecule has 8 heteroatoms. The molecule has 1 aromatic heterocycles. The molecule has 0 aliphatic rings. The van der Waals surface area contributed by atoms with Crippen LogP contribution in [0, 0.1) is 5.82 Å². The Labute approximate surface area is 165 Å². The number of hydrogen-bond donors (Lipinski definition) is 3. The van der Waals surface area contributed by atoms with Crippen LogP contribution in [0.2, 0.25) is 5.02 Å². The fraction of sp³-hybridized carbons (Fsp3) is 0.0500. The lowest BCUT2D eigenvalue weighted by molar-refractivity contribution is -0.114. The molecular formula is C20H16ClFN4O2. The van der Waals surface area contributed by atoms with E-state index in [9.17, 15) is 14.0 Å². The lowest BCUT2D eigenvalue weighted by atomic mass is 10.2.